The molecule has 21 heavy (non-hydrogen) atoms. The Hall–Kier alpha value is -1.89. The van der Waals surface area contributed by atoms with E-state index in [2.05, 4.69) is 0 Å². The van der Waals surface area contributed by atoms with Crippen LogP contribution in [0.5, 0.6) is 0 Å². The zero-order valence-corrected chi connectivity index (χ0v) is 12.2. The largest absolute Gasteiger partial charge is 0.469 e. The summed E-state index contributed by atoms with van der Waals surface area (Å²) in [7, 11) is 0. The van der Waals surface area contributed by atoms with Gasteiger partial charge in [0.25, 0.3) is 6.04 Å². The molecule has 0 aromatic carbocycles. The first kappa shape index (κ1) is 15.5. The molecule has 116 valence electrons. The minimum Gasteiger partial charge on any atom is -0.469 e. The molecule has 1 aliphatic carbocycles. The first-order valence-electron chi connectivity index (χ1n) is 6.78. The molecule has 1 heterocycles. The van der Waals surface area contributed by atoms with Crippen molar-refractivity contribution in [3.63, 3.8) is 0 Å². The van der Waals surface area contributed by atoms with E-state index in [9.17, 15) is 20.0 Å². The second-order valence-corrected chi connectivity index (χ2v) is 6.32. The fraction of sp³-hybridized carbons (Fsp3) is 0.643. The first-order valence-corrected chi connectivity index (χ1v) is 6.78. The fourth-order valence-corrected chi connectivity index (χ4v) is 2.72. The van der Waals surface area contributed by atoms with Crippen LogP contribution < -0.4 is 0 Å². The lowest BCUT2D eigenvalue weighted by Crippen LogP contribution is -2.53. The van der Waals surface area contributed by atoms with E-state index in [1.54, 1.807) is 32.9 Å². The summed E-state index contributed by atoms with van der Waals surface area (Å²) >= 11 is 0. The van der Waals surface area contributed by atoms with Crippen LogP contribution in [0.3, 0.4) is 0 Å². The summed E-state index contributed by atoms with van der Waals surface area (Å²) in [6.07, 6.45) is 1.67. The highest BCUT2D eigenvalue weighted by atomic mass is 16.6. The summed E-state index contributed by atoms with van der Waals surface area (Å²) in [4.78, 5) is 23.0. The third-order valence-corrected chi connectivity index (χ3v) is 3.60. The number of nitrogens with zero attached hydrogens (tertiary/aromatic N) is 1. The minimum atomic E-state index is -2.13. The number of carbonyl (C=O) groups is 1. The third kappa shape index (κ3) is 2.92. The number of carbonyl (C=O) groups excluding carboxylic acids is 1. The Bertz CT molecular complexity index is 532. The highest BCUT2D eigenvalue weighted by Gasteiger charge is 2.62. The van der Waals surface area contributed by atoms with Crippen molar-refractivity contribution < 1.29 is 24.0 Å². The van der Waals surface area contributed by atoms with E-state index < -0.39 is 34.1 Å². The van der Waals surface area contributed by atoms with Crippen molar-refractivity contribution in [2.24, 2.45) is 0 Å². The molecule has 0 amide bonds. The maximum atomic E-state index is 12.2. The molecule has 0 spiro atoms. The van der Waals surface area contributed by atoms with E-state index in [0.717, 1.165) is 0 Å². The molecule has 1 fully saturated rings. The van der Waals surface area contributed by atoms with Gasteiger partial charge in [-0.05, 0) is 45.7 Å². The Labute approximate surface area is 122 Å². The predicted octanol–water partition coefficient (Wildman–Crippen LogP) is 1.88. The van der Waals surface area contributed by atoms with Gasteiger partial charge in [-0.3, -0.25) is 10.1 Å². The number of furan rings is 1. The SMILES string of the molecule is CC(C)(C)OC(=O)[C@]1(O)CC[C@@H](c2ccco2)[C@@H]1[N+](=O)[O-]. The summed E-state index contributed by atoms with van der Waals surface area (Å²) in [5, 5.41) is 22.0. The number of nitro groups is 1. The van der Waals surface area contributed by atoms with Crippen molar-refractivity contribution in [2.75, 3.05) is 0 Å². The minimum absolute atomic E-state index is 0.0288. The zero-order valence-electron chi connectivity index (χ0n) is 12.2. The van der Waals surface area contributed by atoms with Gasteiger partial charge >= 0.3 is 5.97 Å². The van der Waals surface area contributed by atoms with Crippen molar-refractivity contribution >= 4 is 5.97 Å². The van der Waals surface area contributed by atoms with Gasteiger partial charge in [0.15, 0.2) is 0 Å². The van der Waals surface area contributed by atoms with E-state index in [-0.39, 0.29) is 12.8 Å². The first-order chi connectivity index (χ1) is 9.65. The third-order valence-electron chi connectivity index (χ3n) is 3.60. The van der Waals surface area contributed by atoms with Gasteiger partial charge < -0.3 is 14.3 Å². The highest BCUT2D eigenvalue weighted by Crippen LogP contribution is 2.44. The van der Waals surface area contributed by atoms with Crippen LogP contribution in [0.2, 0.25) is 0 Å². The topological polar surface area (TPSA) is 103 Å². The smallest absolute Gasteiger partial charge is 0.346 e. The van der Waals surface area contributed by atoms with Crippen LogP contribution in [-0.2, 0) is 9.53 Å². The zero-order chi connectivity index (χ0) is 15.8. The monoisotopic (exact) mass is 297 g/mol. The van der Waals surface area contributed by atoms with Crippen LogP contribution in [-0.4, -0.2) is 33.2 Å². The van der Waals surface area contributed by atoms with Crippen LogP contribution in [0.15, 0.2) is 22.8 Å². The van der Waals surface area contributed by atoms with Crippen molar-refractivity contribution in [3.8, 4) is 0 Å². The van der Waals surface area contributed by atoms with Crippen LogP contribution in [0.4, 0.5) is 0 Å². The van der Waals surface area contributed by atoms with Gasteiger partial charge in [-0.2, -0.15) is 0 Å². The molecular weight excluding hydrogens is 278 g/mol. The molecule has 7 heteroatoms. The molecule has 0 saturated heterocycles. The number of hydrogen-bond donors (Lipinski definition) is 1. The van der Waals surface area contributed by atoms with Crippen LogP contribution >= 0.6 is 0 Å². The van der Waals surface area contributed by atoms with E-state index >= 15 is 0 Å². The molecule has 0 bridgehead atoms. The Morgan fingerprint density at radius 3 is 2.71 bits per heavy atom. The molecule has 7 nitrogen and oxygen atoms in total. The van der Waals surface area contributed by atoms with E-state index in [1.807, 2.05) is 0 Å². The fourth-order valence-electron chi connectivity index (χ4n) is 2.72. The molecule has 2 rings (SSSR count). The summed E-state index contributed by atoms with van der Waals surface area (Å²) in [6, 6.07) is 1.76. The molecule has 1 saturated carbocycles. The van der Waals surface area contributed by atoms with Crippen LogP contribution in [0.1, 0.15) is 45.3 Å². The average molecular weight is 297 g/mol. The molecular formula is C14H19NO6. The summed E-state index contributed by atoms with van der Waals surface area (Å²) in [5.41, 5.74) is -2.95. The molecule has 0 radical (unpaired) electrons. The molecule has 1 aromatic heterocycles. The normalized spacial score (nSPS) is 29.3. The maximum Gasteiger partial charge on any atom is 0.346 e. The van der Waals surface area contributed by atoms with Gasteiger partial charge in [0, 0.05) is 4.92 Å². The number of ether oxygens (including phenoxy) is 1. The molecule has 1 N–H and O–H groups in total. The maximum absolute atomic E-state index is 12.2. The lowest BCUT2D eigenvalue weighted by Gasteiger charge is -2.28. The molecule has 0 aliphatic heterocycles. The Balaban J connectivity index is 2.31. The molecule has 3 atom stereocenters. The van der Waals surface area contributed by atoms with Gasteiger partial charge in [-0.25, -0.2) is 4.79 Å². The quantitative estimate of drug-likeness (QED) is 0.519. The molecule has 0 unspecified atom stereocenters. The summed E-state index contributed by atoms with van der Waals surface area (Å²) < 4.78 is 10.4. The van der Waals surface area contributed by atoms with Gasteiger partial charge in [0.05, 0.1) is 12.2 Å². The van der Waals surface area contributed by atoms with Crippen molar-refractivity contribution in [1.82, 2.24) is 0 Å². The number of esters is 1. The Kier molecular flexibility index (Phi) is 3.79. The lowest BCUT2D eigenvalue weighted by atomic mass is 9.92. The predicted molar refractivity (Wildman–Crippen MR) is 72.3 cm³/mol. The summed E-state index contributed by atoms with van der Waals surface area (Å²) in [6.45, 7) is 4.94. The van der Waals surface area contributed by atoms with Gasteiger partial charge in [0.2, 0.25) is 5.60 Å². The van der Waals surface area contributed by atoms with Crippen molar-refractivity contribution in [1.29, 1.82) is 0 Å². The highest BCUT2D eigenvalue weighted by molar-refractivity contribution is 5.81. The van der Waals surface area contributed by atoms with Gasteiger partial charge in [0.1, 0.15) is 11.4 Å². The van der Waals surface area contributed by atoms with Crippen molar-refractivity contribution in [2.45, 2.75) is 56.8 Å². The molecule has 1 aromatic rings. The van der Waals surface area contributed by atoms with Crippen molar-refractivity contribution in [3.05, 3.63) is 34.3 Å². The number of aliphatic hydroxyl groups is 1. The Morgan fingerprint density at radius 1 is 1.57 bits per heavy atom. The standard InChI is InChI=1S/C14H19NO6/c1-13(2,3)21-12(16)14(17)7-6-9(11(14)15(18)19)10-5-4-8-20-10/h4-5,8-9,11,17H,6-7H2,1-3H3/t9-,11-,14-/m0/s1. The number of rotatable bonds is 3. The van der Waals surface area contributed by atoms with E-state index in [1.165, 1.54) is 6.26 Å². The Morgan fingerprint density at radius 2 is 2.24 bits per heavy atom. The summed E-state index contributed by atoms with van der Waals surface area (Å²) in [5.74, 6) is -1.20. The van der Waals surface area contributed by atoms with E-state index in [0.29, 0.717) is 5.76 Å². The van der Waals surface area contributed by atoms with Crippen LogP contribution in [0, 0.1) is 10.1 Å². The second kappa shape index (κ2) is 5.14. The lowest BCUT2D eigenvalue weighted by molar-refractivity contribution is -0.541. The average Bonchev–Trinajstić information content (AvgIpc) is 2.93. The number of hydrogen-bond acceptors (Lipinski definition) is 6. The van der Waals surface area contributed by atoms with Gasteiger partial charge in [-0.15, -0.1) is 0 Å². The van der Waals surface area contributed by atoms with E-state index in [4.69, 9.17) is 9.15 Å². The second-order valence-electron chi connectivity index (χ2n) is 6.32. The van der Waals surface area contributed by atoms with Gasteiger partial charge in [-0.1, -0.05) is 0 Å². The van der Waals surface area contributed by atoms with Crippen LogP contribution in [0.25, 0.3) is 0 Å². The molecule has 1 aliphatic rings.